The molecule has 0 heterocycles. The molecule has 0 aliphatic carbocycles. The number of benzene rings is 16. The van der Waals surface area contributed by atoms with Gasteiger partial charge in [0.05, 0.1) is 56.9 Å². The Morgan fingerprint density at radius 2 is 0.246 bits per heavy atom. The summed E-state index contributed by atoms with van der Waals surface area (Å²) in [5, 5.41) is 12.0. The van der Waals surface area contributed by atoms with Crippen LogP contribution in [0, 0.1) is 0 Å². The second-order valence-corrected chi connectivity index (χ2v) is 42.7. The molecule has 0 fully saturated rings. The molecule has 0 unspecified atom stereocenters. The van der Waals surface area contributed by atoms with Gasteiger partial charge in [0.2, 0.25) is 0 Å². The Hall–Kier alpha value is -14.0. The first-order valence-corrected chi connectivity index (χ1v) is 48.2. The van der Waals surface area contributed by atoms with Crippen molar-refractivity contribution >= 4 is 95.5 Å². The third-order valence-electron chi connectivity index (χ3n) is 22.9. The smallest absolute Gasteiger partial charge is 0.347 e. The van der Waals surface area contributed by atoms with Gasteiger partial charge in [-0.15, -0.1) is 0 Å². The SMILES string of the molecule is COc1cc(C(c2cc(OC)c(O[Si](c3ccccc3)(c3ccccc3)c3ccccc3)c(OC)c2)C(c2cc(OC)c(O[Si](c3ccccc3)(c3ccccc3)c3ccccc3)c(OC)c2)c2cc(OC)c(O[Si](c3ccccc3)(c3ccccc3)c3ccccc3)c(OC)c2)cc(OC)c1O[Si](c1ccccc1)(c1ccccc1)c1ccccc1. The zero-order chi connectivity index (χ0) is 83.9. The first-order chi connectivity index (χ1) is 60.1. The summed E-state index contributed by atoms with van der Waals surface area (Å²) >= 11 is 0. The minimum Gasteiger partial charge on any atom is -0.525 e. The van der Waals surface area contributed by atoms with Gasteiger partial charge >= 0.3 is 33.3 Å². The average Bonchev–Trinajstić information content (AvgIpc) is 0.715. The van der Waals surface area contributed by atoms with Gasteiger partial charge in [-0.3, -0.25) is 0 Å². The van der Waals surface area contributed by atoms with Crippen LogP contribution < -0.4 is 118 Å². The molecule has 0 saturated heterocycles. The van der Waals surface area contributed by atoms with Crippen molar-refractivity contribution in [1.82, 2.24) is 0 Å². The topological polar surface area (TPSA) is 111 Å². The number of hydrogen-bond donors (Lipinski definition) is 0. The molecule has 12 nitrogen and oxygen atoms in total. The first-order valence-electron chi connectivity index (χ1n) is 40.6. The molecule has 0 aliphatic heterocycles. The van der Waals surface area contributed by atoms with E-state index in [0.717, 1.165) is 62.2 Å². The van der Waals surface area contributed by atoms with Gasteiger partial charge in [0.15, 0.2) is 69.0 Å². The van der Waals surface area contributed by atoms with E-state index < -0.39 is 45.1 Å². The maximum Gasteiger partial charge on any atom is 0.347 e. The summed E-state index contributed by atoms with van der Waals surface area (Å²) in [6, 6.07) is 142. The van der Waals surface area contributed by atoms with E-state index in [1.54, 1.807) is 56.9 Å². The highest BCUT2D eigenvalue weighted by Gasteiger charge is 2.51. The summed E-state index contributed by atoms with van der Waals surface area (Å²) in [6.07, 6.45) is 0. The summed E-state index contributed by atoms with van der Waals surface area (Å²) in [5.41, 5.74) is 2.80. The highest BCUT2D eigenvalue weighted by molar-refractivity contribution is 7.09. The second kappa shape index (κ2) is 37.1. The molecule has 0 spiro atoms. The Morgan fingerprint density at radius 3 is 0.336 bits per heavy atom. The third-order valence-corrected chi connectivity index (χ3v) is 38.7. The van der Waals surface area contributed by atoms with Crippen LogP contribution in [-0.2, 0) is 0 Å². The predicted molar refractivity (Wildman–Crippen MR) is 500 cm³/mol. The van der Waals surface area contributed by atoms with Crippen LogP contribution >= 0.6 is 0 Å². The monoisotopic (exact) mass is 1670 g/mol. The molecule has 16 aromatic rings. The van der Waals surface area contributed by atoms with Crippen molar-refractivity contribution in [3.63, 3.8) is 0 Å². The lowest BCUT2D eigenvalue weighted by molar-refractivity contribution is 0.357. The Kier molecular flexibility index (Phi) is 24.8. The van der Waals surface area contributed by atoms with Crippen molar-refractivity contribution in [2.75, 3.05) is 56.9 Å². The molecule has 0 radical (unpaired) electrons. The summed E-state index contributed by atoms with van der Waals surface area (Å²) < 4.78 is 87.4. The van der Waals surface area contributed by atoms with Crippen LogP contribution in [0.25, 0.3) is 0 Å². The van der Waals surface area contributed by atoms with E-state index in [0.29, 0.717) is 91.2 Å². The Bertz CT molecular complexity index is 4880. The van der Waals surface area contributed by atoms with Gasteiger partial charge in [-0.1, -0.05) is 364 Å². The first kappa shape index (κ1) is 81.7. The van der Waals surface area contributed by atoms with Gasteiger partial charge in [0.25, 0.3) is 0 Å². The van der Waals surface area contributed by atoms with Gasteiger partial charge in [0, 0.05) is 11.8 Å². The standard InChI is InChI=1S/C106H94O12Si4/c1-107-93-69-77(70-94(108-2)103(93)115-119(81-45-21-9-22-46-81,82-47-23-10-24-48-82)83-49-25-11-26-50-83)101(78-71-95(109-3)104(96(72-78)110-4)116-120(84-51-27-12-28-52-84,85-53-29-13-30-54-85)86-55-31-14-32-56-86)102(79-73-97(111-5)105(98(74-79)112-6)117-121(87-57-33-15-34-58-87,88-59-35-16-36-60-88)89-61-37-17-38-62-89)80-75-99(113-7)106(100(76-80)114-8)118-122(90-63-39-18-40-64-90,91-65-41-19-42-66-91)92-67-43-20-44-68-92/h9-76,101-102H,1-8H3. The minimum absolute atomic E-state index is 0.386. The molecular formula is C106H94O12Si4. The average molecular weight is 1670 g/mol. The highest BCUT2D eigenvalue weighted by Crippen LogP contribution is 2.56. The van der Waals surface area contributed by atoms with Gasteiger partial charge in [0.1, 0.15) is 0 Å². The normalized spacial score (nSPS) is 11.6. The molecule has 0 atom stereocenters. The van der Waals surface area contributed by atoms with Gasteiger partial charge in [-0.25, -0.2) is 0 Å². The van der Waals surface area contributed by atoms with Crippen molar-refractivity contribution in [2.24, 2.45) is 0 Å². The summed E-state index contributed by atoms with van der Waals surface area (Å²) in [6.45, 7) is 0. The van der Waals surface area contributed by atoms with E-state index in [9.17, 15) is 0 Å². The van der Waals surface area contributed by atoms with Crippen molar-refractivity contribution in [1.29, 1.82) is 0 Å². The molecule has 0 N–H and O–H groups in total. The van der Waals surface area contributed by atoms with E-state index in [1.165, 1.54) is 0 Å². The van der Waals surface area contributed by atoms with E-state index in [4.69, 9.17) is 55.6 Å². The van der Waals surface area contributed by atoms with Crippen molar-refractivity contribution in [3.8, 4) is 69.0 Å². The van der Waals surface area contributed by atoms with Crippen LogP contribution in [-0.4, -0.2) is 90.1 Å². The lowest BCUT2D eigenvalue weighted by atomic mass is 9.73. The van der Waals surface area contributed by atoms with Crippen LogP contribution in [0.2, 0.25) is 0 Å². The summed E-state index contributed by atoms with van der Waals surface area (Å²) in [4.78, 5) is 0. The quantitative estimate of drug-likeness (QED) is 0.0288. The second-order valence-electron chi connectivity index (χ2n) is 29.5. The van der Waals surface area contributed by atoms with E-state index >= 15 is 0 Å². The molecular weight excluding hydrogens is 1580 g/mol. The van der Waals surface area contributed by atoms with E-state index in [1.807, 2.05) is 72.8 Å². The number of rotatable bonds is 33. The van der Waals surface area contributed by atoms with E-state index in [-0.39, 0.29) is 0 Å². The fraction of sp³-hybridized carbons (Fsp3) is 0.0943. The molecule has 122 heavy (non-hydrogen) atoms. The number of hydrogen-bond acceptors (Lipinski definition) is 12. The van der Waals surface area contributed by atoms with E-state index in [2.05, 4.69) is 340 Å². The summed E-state index contributed by atoms with van der Waals surface area (Å²) in [7, 11) is -1.09. The fourth-order valence-electron chi connectivity index (χ4n) is 17.3. The maximum atomic E-state index is 8.09. The highest BCUT2D eigenvalue weighted by atomic mass is 28.4. The maximum absolute atomic E-state index is 8.09. The lowest BCUT2D eigenvalue weighted by Crippen LogP contribution is -2.71. The summed E-state index contributed by atoms with van der Waals surface area (Å²) in [5.74, 6) is 2.90. The largest absolute Gasteiger partial charge is 0.525 e. The van der Waals surface area contributed by atoms with Gasteiger partial charge in [-0.05, 0) is 133 Å². The molecule has 0 aromatic heterocycles. The molecule has 606 valence electrons. The van der Waals surface area contributed by atoms with Crippen LogP contribution in [0.5, 0.6) is 69.0 Å². The molecule has 16 aromatic carbocycles. The molecule has 0 bridgehead atoms. The Balaban J connectivity index is 1.01. The lowest BCUT2D eigenvalue weighted by Gasteiger charge is -2.37. The predicted octanol–water partition coefficient (Wildman–Crippen LogP) is 14.9. The zero-order valence-corrected chi connectivity index (χ0v) is 73.3. The van der Waals surface area contributed by atoms with Crippen molar-refractivity contribution < 1.29 is 55.6 Å². The van der Waals surface area contributed by atoms with Gasteiger partial charge in [-0.2, -0.15) is 0 Å². The Labute approximate surface area is 718 Å². The molecule has 0 aliphatic rings. The van der Waals surface area contributed by atoms with Crippen LogP contribution in [0.1, 0.15) is 34.1 Å². The molecule has 0 saturated carbocycles. The molecule has 16 heteroatoms. The third kappa shape index (κ3) is 15.6. The van der Waals surface area contributed by atoms with Crippen molar-refractivity contribution in [3.05, 3.63) is 435 Å². The number of ether oxygens (including phenoxy) is 8. The molecule has 16 rings (SSSR count). The van der Waals surface area contributed by atoms with Crippen LogP contribution in [0.4, 0.5) is 0 Å². The number of methoxy groups -OCH3 is 8. The zero-order valence-electron chi connectivity index (χ0n) is 69.3. The van der Waals surface area contributed by atoms with Crippen LogP contribution in [0.3, 0.4) is 0 Å². The minimum atomic E-state index is -3.62. The van der Waals surface area contributed by atoms with Crippen molar-refractivity contribution in [2.45, 2.75) is 11.8 Å². The fourth-order valence-corrected chi connectivity index (χ4v) is 32.7. The van der Waals surface area contributed by atoms with Gasteiger partial charge < -0.3 is 55.6 Å². The molecule has 0 amide bonds. The Morgan fingerprint density at radius 1 is 0.148 bits per heavy atom. The van der Waals surface area contributed by atoms with Crippen LogP contribution in [0.15, 0.2) is 413 Å².